The average molecular weight is 234 g/mol. The van der Waals surface area contributed by atoms with Crippen molar-refractivity contribution >= 4 is 10.9 Å². The highest BCUT2D eigenvalue weighted by Gasteiger charge is 2.25. The van der Waals surface area contributed by atoms with E-state index in [1.54, 1.807) is 0 Å². The Hall–Kier alpha value is -2.22. The van der Waals surface area contributed by atoms with Gasteiger partial charge in [-0.3, -0.25) is 0 Å². The van der Waals surface area contributed by atoms with Crippen molar-refractivity contribution in [2.24, 2.45) is 0 Å². The molecule has 0 bridgehead atoms. The summed E-state index contributed by atoms with van der Waals surface area (Å²) >= 11 is 0. The highest BCUT2D eigenvalue weighted by Crippen LogP contribution is 2.38. The molecule has 0 aliphatic carbocycles. The second-order valence-electron chi connectivity index (χ2n) is 4.61. The fourth-order valence-electron chi connectivity index (χ4n) is 2.64. The monoisotopic (exact) mass is 234 g/mol. The van der Waals surface area contributed by atoms with Crippen LogP contribution in [0.3, 0.4) is 0 Å². The molecular formula is C16H12NO. The van der Waals surface area contributed by atoms with Crippen molar-refractivity contribution in [3.63, 3.8) is 0 Å². The van der Waals surface area contributed by atoms with Gasteiger partial charge in [-0.25, -0.2) is 0 Å². The van der Waals surface area contributed by atoms with E-state index in [0.717, 1.165) is 17.7 Å². The summed E-state index contributed by atoms with van der Waals surface area (Å²) in [4.78, 5) is 3.30. The van der Waals surface area contributed by atoms with Crippen molar-refractivity contribution in [3.8, 4) is 5.75 Å². The van der Waals surface area contributed by atoms with Gasteiger partial charge >= 0.3 is 0 Å². The number of aromatic amines is 1. The maximum atomic E-state index is 6.01. The summed E-state index contributed by atoms with van der Waals surface area (Å²) < 4.78 is 6.01. The van der Waals surface area contributed by atoms with Crippen LogP contribution in [0.1, 0.15) is 17.2 Å². The first-order valence-electron chi connectivity index (χ1n) is 6.14. The van der Waals surface area contributed by atoms with Crippen molar-refractivity contribution in [1.29, 1.82) is 0 Å². The predicted octanol–water partition coefficient (Wildman–Crippen LogP) is 3.64. The summed E-state index contributed by atoms with van der Waals surface area (Å²) in [6, 6.07) is 17.5. The Kier molecular flexibility index (Phi) is 1.97. The van der Waals surface area contributed by atoms with E-state index in [4.69, 9.17) is 4.74 Å². The zero-order valence-electron chi connectivity index (χ0n) is 9.81. The smallest absolute Gasteiger partial charge is 0.130 e. The average Bonchev–Trinajstić information content (AvgIpc) is 3.02. The Balaban J connectivity index is 1.78. The van der Waals surface area contributed by atoms with Crippen LogP contribution in [-0.2, 0) is 6.42 Å². The Labute approximate surface area is 105 Å². The lowest BCUT2D eigenvalue weighted by atomic mass is 10.0. The van der Waals surface area contributed by atoms with Crippen LogP contribution in [0, 0.1) is 6.07 Å². The molecule has 0 saturated heterocycles. The summed E-state index contributed by atoms with van der Waals surface area (Å²) in [5.74, 6) is 0.966. The fourth-order valence-corrected chi connectivity index (χ4v) is 2.64. The molecule has 1 aliphatic heterocycles. The molecule has 4 rings (SSSR count). The van der Waals surface area contributed by atoms with Crippen LogP contribution in [0.2, 0.25) is 0 Å². The Bertz CT molecular complexity index is 689. The number of benzene rings is 2. The Morgan fingerprint density at radius 1 is 1.17 bits per heavy atom. The molecule has 2 heterocycles. The first-order valence-corrected chi connectivity index (χ1v) is 6.14. The quantitative estimate of drug-likeness (QED) is 0.683. The molecule has 1 unspecified atom stereocenters. The van der Waals surface area contributed by atoms with Crippen molar-refractivity contribution < 1.29 is 4.74 Å². The van der Waals surface area contributed by atoms with Gasteiger partial charge in [0, 0.05) is 34.6 Å². The molecule has 1 atom stereocenters. The van der Waals surface area contributed by atoms with Crippen molar-refractivity contribution in [2.45, 2.75) is 12.5 Å². The number of hydrogen-bond donors (Lipinski definition) is 1. The number of hydrogen-bond acceptors (Lipinski definition) is 1. The van der Waals surface area contributed by atoms with Crippen molar-refractivity contribution in [3.05, 3.63) is 65.9 Å². The third-order valence-corrected chi connectivity index (χ3v) is 3.53. The van der Waals surface area contributed by atoms with Gasteiger partial charge < -0.3 is 9.72 Å². The molecule has 1 aliphatic rings. The van der Waals surface area contributed by atoms with Gasteiger partial charge in [-0.15, -0.1) is 0 Å². The van der Waals surface area contributed by atoms with E-state index in [9.17, 15) is 0 Å². The van der Waals surface area contributed by atoms with Gasteiger partial charge in [-0.05, 0) is 18.2 Å². The van der Waals surface area contributed by atoms with Crippen molar-refractivity contribution in [1.82, 2.24) is 4.98 Å². The van der Waals surface area contributed by atoms with E-state index < -0.39 is 0 Å². The lowest BCUT2D eigenvalue weighted by Crippen LogP contribution is -2.01. The first kappa shape index (κ1) is 9.77. The second-order valence-corrected chi connectivity index (χ2v) is 4.61. The van der Waals surface area contributed by atoms with Gasteiger partial charge in [0.1, 0.15) is 11.9 Å². The standard InChI is InChI=1S/C16H12NO/c1-4-8-15-11(5-1)9-16(18-15)13-10-17-14-7-3-2-6-12(13)14/h1-4,6-8,10,16-17H,9H2. The van der Waals surface area contributed by atoms with E-state index in [-0.39, 0.29) is 6.10 Å². The summed E-state index contributed by atoms with van der Waals surface area (Å²) in [6.07, 6.45) is 3.06. The molecule has 2 aromatic carbocycles. The van der Waals surface area contributed by atoms with E-state index in [0.29, 0.717) is 0 Å². The number of aromatic nitrogens is 1. The number of fused-ring (bicyclic) bond motifs is 2. The molecule has 2 nitrogen and oxygen atoms in total. The van der Waals surface area contributed by atoms with Crippen LogP contribution in [0.5, 0.6) is 5.75 Å². The zero-order chi connectivity index (χ0) is 11.9. The minimum atomic E-state index is 0.106. The van der Waals surface area contributed by atoms with Crippen LogP contribution in [0.15, 0.2) is 48.7 Å². The van der Waals surface area contributed by atoms with Crippen LogP contribution >= 0.6 is 0 Å². The number of H-pyrrole nitrogens is 1. The zero-order valence-corrected chi connectivity index (χ0v) is 9.81. The molecule has 18 heavy (non-hydrogen) atoms. The minimum absolute atomic E-state index is 0.106. The molecule has 1 aromatic heterocycles. The number of rotatable bonds is 1. The largest absolute Gasteiger partial charge is 0.485 e. The Morgan fingerprint density at radius 2 is 2.11 bits per heavy atom. The minimum Gasteiger partial charge on any atom is -0.485 e. The summed E-state index contributed by atoms with van der Waals surface area (Å²) in [6.45, 7) is 0. The maximum Gasteiger partial charge on any atom is 0.130 e. The van der Waals surface area contributed by atoms with Gasteiger partial charge in [-0.2, -0.15) is 0 Å². The van der Waals surface area contributed by atoms with E-state index in [1.165, 1.54) is 16.5 Å². The highest BCUT2D eigenvalue weighted by atomic mass is 16.5. The van der Waals surface area contributed by atoms with Crippen molar-refractivity contribution in [2.75, 3.05) is 0 Å². The van der Waals surface area contributed by atoms with Gasteiger partial charge in [0.15, 0.2) is 0 Å². The predicted molar refractivity (Wildman–Crippen MR) is 70.6 cm³/mol. The van der Waals surface area contributed by atoms with Gasteiger partial charge in [-0.1, -0.05) is 30.3 Å². The molecule has 3 aromatic rings. The topological polar surface area (TPSA) is 25.0 Å². The molecule has 0 saturated carbocycles. The lowest BCUT2D eigenvalue weighted by molar-refractivity contribution is 0.240. The molecule has 0 fully saturated rings. The van der Waals surface area contributed by atoms with Gasteiger partial charge in [0.25, 0.3) is 0 Å². The van der Waals surface area contributed by atoms with Crippen LogP contribution in [0.25, 0.3) is 10.9 Å². The van der Waals surface area contributed by atoms with E-state index >= 15 is 0 Å². The highest BCUT2D eigenvalue weighted by molar-refractivity contribution is 5.83. The summed E-state index contributed by atoms with van der Waals surface area (Å²) in [5.41, 5.74) is 3.57. The molecule has 87 valence electrons. The molecule has 1 radical (unpaired) electrons. The van der Waals surface area contributed by atoms with Crippen LogP contribution in [-0.4, -0.2) is 4.98 Å². The normalized spacial score (nSPS) is 17.7. The lowest BCUT2D eigenvalue weighted by Gasteiger charge is -2.09. The van der Waals surface area contributed by atoms with Crippen LogP contribution in [0.4, 0.5) is 0 Å². The third kappa shape index (κ3) is 1.35. The van der Waals surface area contributed by atoms with E-state index in [2.05, 4.69) is 35.4 Å². The fraction of sp³-hybridized carbons (Fsp3) is 0.125. The third-order valence-electron chi connectivity index (χ3n) is 3.53. The van der Waals surface area contributed by atoms with E-state index in [1.807, 2.05) is 24.3 Å². The van der Waals surface area contributed by atoms with Gasteiger partial charge in [0.05, 0.1) is 0 Å². The second kappa shape index (κ2) is 3.64. The molecule has 0 amide bonds. The summed E-state index contributed by atoms with van der Waals surface area (Å²) in [5, 5.41) is 1.25. The van der Waals surface area contributed by atoms with Crippen LogP contribution < -0.4 is 4.74 Å². The molecule has 1 N–H and O–H groups in total. The maximum absolute atomic E-state index is 6.01. The number of ether oxygens (including phenoxy) is 1. The molecule has 2 heteroatoms. The van der Waals surface area contributed by atoms with Gasteiger partial charge in [0.2, 0.25) is 0 Å². The number of nitrogens with one attached hydrogen (secondary N) is 1. The summed E-state index contributed by atoms with van der Waals surface area (Å²) in [7, 11) is 0. The SMILES string of the molecule is [c]1cccc2c1CC(c1c[nH]c3ccccc13)O2. The first-order chi connectivity index (χ1) is 8.92. The number of para-hydroxylation sites is 1. The molecule has 0 spiro atoms. The molecular weight excluding hydrogens is 222 g/mol. The Morgan fingerprint density at radius 3 is 3.06 bits per heavy atom.